The lowest BCUT2D eigenvalue weighted by molar-refractivity contribution is 0.0980. The minimum absolute atomic E-state index is 0.0281. The van der Waals surface area contributed by atoms with Gasteiger partial charge in [-0.15, -0.1) is 0 Å². The summed E-state index contributed by atoms with van der Waals surface area (Å²) in [6.45, 7) is 0. The van der Waals surface area contributed by atoms with Gasteiger partial charge in [0.2, 0.25) is 0 Å². The molecule has 0 radical (unpaired) electrons. The summed E-state index contributed by atoms with van der Waals surface area (Å²) in [5.41, 5.74) is 7.19. The lowest BCUT2D eigenvalue weighted by Crippen LogP contribution is -2.21. The zero-order chi connectivity index (χ0) is 20.2. The molecular weight excluding hydrogens is 368 g/mol. The second kappa shape index (κ2) is 6.50. The lowest BCUT2D eigenvalue weighted by Gasteiger charge is -2.22. The normalized spacial score (nSPS) is 14.9. The Morgan fingerprint density at radius 1 is 0.500 bits per heavy atom. The molecule has 0 N–H and O–H groups in total. The van der Waals surface area contributed by atoms with Crippen molar-refractivity contribution in [2.75, 3.05) is 0 Å². The van der Waals surface area contributed by atoms with E-state index in [9.17, 15) is 9.59 Å². The van der Waals surface area contributed by atoms with Crippen LogP contribution in [0.1, 0.15) is 54.1 Å². The molecular formula is C28H20O2. The molecule has 4 aromatic carbocycles. The van der Waals surface area contributed by atoms with Gasteiger partial charge in [-0.25, -0.2) is 0 Å². The molecule has 4 bridgehead atoms. The van der Waals surface area contributed by atoms with E-state index < -0.39 is 0 Å². The van der Waals surface area contributed by atoms with Crippen LogP contribution < -0.4 is 0 Å². The van der Waals surface area contributed by atoms with E-state index in [0.29, 0.717) is 22.3 Å². The number of hydrogen-bond donors (Lipinski definition) is 0. The molecule has 0 unspecified atom stereocenters. The molecule has 0 aliphatic heterocycles. The Labute approximate surface area is 175 Å². The molecule has 30 heavy (non-hydrogen) atoms. The van der Waals surface area contributed by atoms with Crippen LogP contribution in [0.15, 0.2) is 72.8 Å². The van der Waals surface area contributed by atoms with E-state index in [1.54, 1.807) is 12.1 Å². The Balaban J connectivity index is 1.63. The van der Waals surface area contributed by atoms with Crippen LogP contribution in [0.3, 0.4) is 0 Å². The second-order valence-corrected chi connectivity index (χ2v) is 8.31. The van der Waals surface area contributed by atoms with Gasteiger partial charge in [-0.3, -0.25) is 9.59 Å². The average Bonchev–Trinajstić information content (AvgIpc) is 2.78. The van der Waals surface area contributed by atoms with Crippen molar-refractivity contribution in [3.05, 3.63) is 117 Å². The molecule has 0 atom stereocenters. The van der Waals surface area contributed by atoms with Crippen molar-refractivity contribution in [2.24, 2.45) is 0 Å². The molecule has 9 rings (SSSR count). The fourth-order valence-corrected chi connectivity index (χ4v) is 5.02. The maximum Gasteiger partial charge on any atom is 0.195 e. The Morgan fingerprint density at radius 3 is 1.80 bits per heavy atom. The van der Waals surface area contributed by atoms with Crippen LogP contribution in [0.2, 0.25) is 0 Å². The first-order chi connectivity index (χ1) is 14.7. The average molecular weight is 388 g/mol. The Bertz CT molecular complexity index is 1360. The molecule has 0 aromatic heterocycles. The van der Waals surface area contributed by atoms with Crippen LogP contribution in [-0.4, -0.2) is 11.6 Å². The van der Waals surface area contributed by atoms with Crippen LogP contribution in [0.25, 0.3) is 10.8 Å². The molecule has 0 amide bonds. The van der Waals surface area contributed by atoms with Gasteiger partial charge in [0.15, 0.2) is 11.6 Å². The number of hydrogen-bond acceptors (Lipinski definition) is 2. The molecule has 0 saturated carbocycles. The fraction of sp³-hybridized carbons (Fsp3) is 0.143. The second-order valence-electron chi connectivity index (χ2n) is 8.31. The highest BCUT2D eigenvalue weighted by Crippen LogP contribution is 2.36. The van der Waals surface area contributed by atoms with E-state index in [4.69, 9.17) is 0 Å². The van der Waals surface area contributed by atoms with Crippen molar-refractivity contribution < 1.29 is 9.59 Å². The number of aryl methyl sites for hydroxylation is 4. The van der Waals surface area contributed by atoms with E-state index in [-0.39, 0.29) is 11.6 Å². The highest BCUT2D eigenvalue weighted by Gasteiger charge is 2.31. The van der Waals surface area contributed by atoms with Crippen LogP contribution in [-0.2, 0) is 25.7 Å². The van der Waals surface area contributed by atoms with Gasteiger partial charge in [0.1, 0.15) is 0 Å². The van der Waals surface area contributed by atoms with Gasteiger partial charge in [0.05, 0.1) is 0 Å². The van der Waals surface area contributed by atoms with Crippen LogP contribution in [0.5, 0.6) is 0 Å². The lowest BCUT2D eigenvalue weighted by atomic mass is 9.79. The first kappa shape index (κ1) is 17.3. The van der Waals surface area contributed by atoms with Gasteiger partial charge in [0.25, 0.3) is 0 Å². The zero-order valence-electron chi connectivity index (χ0n) is 16.6. The summed E-state index contributed by atoms with van der Waals surface area (Å²) in [4.78, 5) is 26.8. The number of carbonyl (C=O) groups excluding carboxylic acids is 2. The number of ketones is 2. The van der Waals surface area contributed by atoms with Gasteiger partial charge >= 0.3 is 0 Å². The summed E-state index contributed by atoms with van der Waals surface area (Å²) in [5, 5.41) is 2.09. The monoisotopic (exact) mass is 388 g/mol. The summed E-state index contributed by atoms with van der Waals surface area (Å²) in [6.07, 6.45) is 3.63. The number of rotatable bonds is 0. The standard InChI is InChI=1S/C28H20O2/c29-27-22-3-1-2-4-23(22)28(30)26-24(27)16-15-21-19-11-9-17-5-7-18(8-6-17)10-12-20(14-13-19)25(21)26/h1-8,13-16H,9-12H2. The van der Waals surface area contributed by atoms with E-state index >= 15 is 0 Å². The van der Waals surface area contributed by atoms with Crippen molar-refractivity contribution in [3.63, 3.8) is 0 Å². The van der Waals surface area contributed by atoms with Gasteiger partial charge in [-0.05, 0) is 64.8 Å². The highest BCUT2D eigenvalue weighted by atomic mass is 16.1. The SMILES string of the molecule is O=C1c2ccccc2C(=O)c2c1ccc1c3ccc(c21)CCc1ccc(cc1)CC3. The summed E-state index contributed by atoms with van der Waals surface area (Å²) < 4.78 is 0. The van der Waals surface area contributed by atoms with Crippen LogP contribution in [0.4, 0.5) is 0 Å². The van der Waals surface area contributed by atoms with Crippen LogP contribution in [0, 0.1) is 0 Å². The molecule has 0 spiro atoms. The van der Waals surface area contributed by atoms with Gasteiger partial charge < -0.3 is 0 Å². The topological polar surface area (TPSA) is 34.1 Å². The predicted octanol–water partition coefficient (Wildman–Crippen LogP) is 5.50. The molecule has 4 aromatic rings. The molecule has 0 fully saturated rings. The number of fused-ring (bicyclic) bond motifs is 2. The number of benzene rings is 4. The summed E-state index contributed by atoms with van der Waals surface area (Å²) in [5.74, 6) is -0.0749. The van der Waals surface area contributed by atoms with Gasteiger partial charge in [-0.1, -0.05) is 66.7 Å². The highest BCUT2D eigenvalue weighted by molar-refractivity contribution is 6.32. The first-order valence-corrected chi connectivity index (χ1v) is 10.5. The Morgan fingerprint density at radius 2 is 1.10 bits per heavy atom. The van der Waals surface area contributed by atoms with Crippen molar-refractivity contribution in [2.45, 2.75) is 25.7 Å². The van der Waals surface area contributed by atoms with E-state index in [1.165, 1.54) is 16.7 Å². The molecule has 5 aliphatic rings. The number of carbonyl (C=O) groups is 2. The molecule has 144 valence electrons. The minimum atomic E-state index is -0.0468. The third-order valence-corrected chi connectivity index (χ3v) is 6.64. The molecule has 0 saturated heterocycles. The molecule has 2 nitrogen and oxygen atoms in total. The van der Waals surface area contributed by atoms with Crippen molar-refractivity contribution in [3.8, 4) is 0 Å². The first-order valence-electron chi connectivity index (χ1n) is 10.5. The minimum Gasteiger partial charge on any atom is -0.289 e. The summed E-state index contributed by atoms with van der Waals surface area (Å²) in [6, 6.07) is 24.4. The largest absolute Gasteiger partial charge is 0.289 e. The quantitative estimate of drug-likeness (QED) is 0.351. The van der Waals surface area contributed by atoms with Crippen LogP contribution >= 0.6 is 0 Å². The van der Waals surface area contributed by atoms with Gasteiger partial charge in [-0.2, -0.15) is 0 Å². The maximum atomic E-state index is 13.6. The summed E-state index contributed by atoms with van der Waals surface area (Å²) in [7, 11) is 0. The molecule has 5 aliphatic carbocycles. The Kier molecular flexibility index (Phi) is 3.76. The molecule has 0 heterocycles. The smallest absolute Gasteiger partial charge is 0.195 e. The summed E-state index contributed by atoms with van der Waals surface area (Å²) >= 11 is 0. The van der Waals surface area contributed by atoms with E-state index in [1.807, 2.05) is 18.2 Å². The molecule has 2 heteroatoms. The Hall–Kier alpha value is -3.52. The van der Waals surface area contributed by atoms with Crippen molar-refractivity contribution in [1.29, 1.82) is 0 Å². The third-order valence-electron chi connectivity index (χ3n) is 6.64. The van der Waals surface area contributed by atoms with E-state index in [2.05, 4.69) is 42.5 Å². The third kappa shape index (κ3) is 2.50. The predicted molar refractivity (Wildman–Crippen MR) is 119 cm³/mol. The fourth-order valence-electron chi connectivity index (χ4n) is 5.02. The van der Waals surface area contributed by atoms with Crippen molar-refractivity contribution >= 4 is 22.3 Å². The zero-order valence-corrected chi connectivity index (χ0v) is 16.6. The van der Waals surface area contributed by atoms with Crippen molar-refractivity contribution in [1.82, 2.24) is 0 Å². The van der Waals surface area contributed by atoms with Gasteiger partial charge in [0, 0.05) is 22.3 Å². The van der Waals surface area contributed by atoms with E-state index in [0.717, 1.165) is 42.0 Å². The maximum absolute atomic E-state index is 13.6.